The van der Waals surface area contributed by atoms with Crippen molar-refractivity contribution in [2.24, 2.45) is 0 Å². The Labute approximate surface area is 236 Å². The van der Waals surface area contributed by atoms with Crippen molar-refractivity contribution in [2.75, 3.05) is 23.9 Å². The Morgan fingerprint density at radius 1 is 0.923 bits per heavy atom. The molecule has 3 aromatic carbocycles. The van der Waals surface area contributed by atoms with Crippen LogP contribution in [0.1, 0.15) is 37.0 Å². The van der Waals surface area contributed by atoms with E-state index in [9.17, 15) is 18.0 Å². The molecule has 7 nitrogen and oxygen atoms in total. The number of rotatable bonds is 12. The average Bonchev–Trinajstić information content (AvgIpc) is 2.92. The third-order valence-electron chi connectivity index (χ3n) is 6.62. The van der Waals surface area contributed by atoms with Crippen LogP contribution < -0.4 is 9.62 Å². The van der Waals surface area contributed by atoms with Crippen LogP contribution in [0.15, 0.2) is 77.7 Å². The largest absolute Gasteiger partial charge is 0.355 e. The topological polar surface area (TPSA) is 86.8 Å². The van der Waals surface area contributed by atoms with Crippen molar-refractivity contribution in [3.8, 4) is 0 Å². The molecule has 0 fully saturated rings. The number of carbonyl (C=O) groups excluding carboxylic acids is 2. The molecular formula is C30H36ClN3O4S. The maximum atomic E-state index is 14.0. The molecule has 0 aliphatic heterocycles. The zero-order valence-corrected chi connectivity index (χ0v) is 24.4. The van der Waals surface area contributed by atoms with Crippen molar-refractivity contribution in [3.63, 3.8) is 0 Å². The first-order valence-electron chi connectivity index (χ1n) is 13.1. The SMILES string of the molecule is CCNC(=O)C(CC)N(CCc1ccccc1)C(=O)CN(c1cccc(Cl)c1C)S(=O)(=O)c1ccc(C)cc1. The third-order valence-corrected chi connectivity index (χ3v) is 8.80. The summed E-state index contributed by atoms with van der Waals surface area (Å²) in [7, 11) is -4.14. The minimum atomic E-state index is -4.14. The fraction of sp³-hybridized carbons (Fsp3) is 0.333. The summed E-state index contributed by atoms with van der Waals surface area (Å²) >= 11 is 6.37. The summed E-state index contributed by atoms with van der Waals surface area (Å²) in [6.07, 6.45) is 0.899. The van der Waals surface area contributed by atoms with E-state index in [0.717, 1.165) is 15.4 Å². The zero-order chi connectivity index (χ0) is 28.6. The molecule has 39 heavy (non-hydrogen) atoms. The minimum Gasteiger partial charge on any atom is -0.355 e. The zero-order valence-electron chi connectivity index (χ0n) is 22.9. The van der Waals surface area contributed by atoms with Gasteiger partial charge in [-0.25, -0.2) is 8.42 Å². The van der Waals surface area contributed by atoms with Crippen molar-refractivity contribution in [1.29, 1.82) is 0 Å². The second kappa shape index (κ2) is 13.6. The van der Waals surface area contributed by atoms with Gasteiger partial charge in [-0.3, -0.25) is 13.9 Å². The Morgan fingerprint density at radius 2 is 1.59 bits per heavy atom. The molecule has 0 aromatic heterocycles. The summed E-state index contributed by atoms with van der Waals surface area (Å²) in [5, 5.41) is 3.20. The standard InChI is InChI=1S/C30H36ClN3O4S/c1-5-27(30(36)32-6-2)33(20-19-24-11-8-7-9-12-24)29(35)21-34(28-14-10-13-26(31)23(28)4)39(37,38)25-17-15-22(3)16-18-25/h7-18,27H,5-6,19-21H2,1-4H3,(H,32,36). The highest BCUT2D eigenvalue weighted by molar-refractivity contribution is 7.92. The number of likely N-dealkylation sites (N-methyl/N-ethyl adjacent to an activating group) is 1. The van der Waals surface area contributed by atoms with Gasteiger partial charge >= 0.3 is 0 Å². The van der Waals surface area contributed by atoms with E-state index < -0.39 is 28.5 Å². The Kier molecular flexibility index (Phi) is 10.5. The van der Waals surface area contributed by atoms with E-state index in [4.69, 9.17) is 11.6 Å². The highest BCUT2D eigenvalue weighted by Crippen LogP contribution is 2.31. The van der Waals surface area contributed by atoms with Crippen molar-refractivity contribution in [1.82, 2.24) is 10.2 Å². The highest BCUT2D eigenvalue weighted by atomic mass is 35.5. The van der Waals surface area contributed by atoms with Crippen LogP contribution in [0.25, 0.3) is 0 Å². The van der Waals surface area contributed by atoms with E-state index in [1.54, 1.807) is 37.3 Å². The van der Waals surface area contributed by atoms with E-state index >= 15 is 0 Å². The molecule has 9 heteroatoms. The van der Waals surface area contributed by atoms with Gasteiger partial charge in [0.1, 0.15) is 12.6 Å². The van der Waals surface area contributed by atoms with Crippen LogP contribution in [0.2, 0.25) is 5.02 Å². The number of amides is 2. The van der Waals surface area contributed by atoms with Crippen LogP contribution in [0.3, 0.4) is 0 Å². The molecule has 0 spiro atoms. The third kappa shape index (κ3) is 7.40. The minimum absolute atomic E-state index is 0.0619. The molecule has 3 rings (SSSR count). The van der Waals surface area contributed by atoms with Crippen LogP contribution in [0.4, 0.5) is 5.69 Å². The van der Waals surface area contributed by atoms with E-state index in [2.05, 4.69) is 5.32 Å². The second-order valence-corrected chi connectivity index (χ2v) is 11.6. The smallest absolute Gasteiger partial charge is 0.264 e. The summed E-state index contributed by atoms with van der Waals surface area (Å²) in [5.74, 6) is -0.743. The van der Waals surface area contributed by atoms with Crippen LogP contribution in [-0.2, 0) is 26.0 Å². The number of anilines is 1. The van der Waals surface area contributed by atoms with Crippen LogP contribution in [0, 0.1) is 13.8 Å². The second-order valence-electron chi connectivity index (χ2n) is 9.35. The van der Waals surface area contributed by atoms with E-state index in [0.29, 0.717) is 35.7 Å². The number of hydrogen-bond donors (Lipinski definition) is 1. The number of carbonyl (C=O) groups is 2. The number of halogens is 1. The predicted molar refractivity (Wildman–Crippen MR) is 157 cm³/mol. The van der Waals surface area contributed by atoms with Gasteiger partial charge in [-0.1, -0.05) is 72.6 Å². The van der Waals surface area contributed by atoms with Crippen molar-refractivity contribution < 1.29 is 18.0 Å². The molecule has 3 aromatic rings. The van der Waals surface area contributed by atoms with E-state index in [-0.39, 0.29) is 17.3 Å². The lowest BCUT2D eigenvalue weighted by Gasteiger charge is -2.33. The maximum absolute atomic E-state index is 14.0. The molecule has 0 radical (unpaired) electrons. The summed E-state index contributed by atoms with van der Waals surface area (Å²) in [4.78, 5) is 28.5. The molecule has 0 bridgehead atoms. The van der Waals surface area contributed by atoms with Crippen LogP contribution in [-0.4, -0.2) is 50.8 Å². The van der Waals surface area contributed by atoms with Crippen LogP contribution in [0.5, 0.6) is 0 Å². The number of sulfonamides is 1. The van der Waals surface area contributed by atoms with Gasteiger partial charge in [0, 0.05) is 18.1 Å². The Hall–Kier alpha value is -3.36. The first kappa shape index (κ1) is 30.2. The fourth-order valence-electron chi connectivity index (χ4n) is 4.40. The lowest BCUT2D eigenvalue weighted by molar-refractivity contribution is -0.139. The van der Waals surface area contributed by atoms with Gasteiger partial charge in [0.2, 0.25) is 11.8 Å². The first-order valence-corrected chi connectivity index (χ1v) is 14.9. The van der Waals surface area contributed by atoms with Crippen molar-refractivity contribution in [3.05, 3.63) is 94.5 Å². The molecule has 208 valence electrons. The summed E-state index contributed by atoms with van der Waals surface area (Å²) < 4.78 is 29.0. The van der Waals surface area contributed by atoms with Gasteiger partial charge in [-0.05, 0) is 69.0 Å². The fourth-order valence-corrected chi connectivity index (χ4v) is 6.05. The lowest BCUT2D eigenvalue weighted by atomic mass is 10.1. The number of aryl methyl sites for hydroxylation is 1. The normalized spacial score (nSPS) is 12.0. The Bertz CT molecular complexity index is 1380. The van der Waals surface area contributed by atoms with Gasteiger partial charge in [-0.2, -0.15) is 0 Å². The maximum Gasteiger partial charge on any atom is 0.264 e. The summed E-state index contributed by atoms with van der Waals surface area (Å²) in [5.41, 5.74) is 2.77. The number of hydrogen-bond acceptors (Lipinski definition) is 4. The van der Waals surface area contributed by atoms with Gasteiger partial charge in [-0.15, -0.1) is 0 Å². The van der Waals surface area contributed by atoms with Crippen molar-refractivity contribution >= 4 is 39.1 Å². The summed E-state index contributed by atoms with van der Waals surface area (Å²) in [6, 6.07) is 20.4. The Morgan fingerprint density at radius 3 is 2.21 bits per heavy atom. The predicted octanol–water partition coefficient (Wildman–Crippen LogP) is 5.14. The quantitative estimate of drug-likeness (QED) is 0.327. The molecule has 0 aliphatic rings. The Balaban J connectivity index is 2.05. The number of nitrogens with one attached hydrogen (secondary N) is 1. The summed E-state index contributed by atoms with van der Waals surface area (Å²) in [6.45, 7) is 7.44. The molecule has 0 aliphatic carbocycles. The van der Waals surface area contributed by atoms with Crippen LogP contribution >= 0.6 is 11.6 Å². The average molecular weight is 570 g/mol. The van der Waals surface area contributed by atoms with Gasteiger partial charge in [0.05, 0.1) is 10.6 Å². The molecule has 0 saturated carbocycles. The number of nitrogens with zero attached hydrogens (tertiary/aromatic N) is 2. The first-order chi connectivity index (χ1) is 18.6. The lowest BCUT2D eigenvalue weighted by Crippen LogP contribution is -2.53. The number of benzene rings is 3. The van der Waals surface area contributed by atoms with Crippen molar-refractivity contribution in [2.45, 2.75) is 51.5 Å². The molecule has 0 heterocycles. The molecule has 0 saturated heterocycles. The highest BCUT2D eigenvalue weighted by Gasteiger charge is 2.34. The monoisotopic (exact) mass is 569 g/mol. The molecular weight excluding hydrogens is 534 g/mol. The van der Waals surface area contributed by atoms with E-state index in [1.807, 2.05) is 51.1 Å². The van der Waals surface area contributed by atoms with Gasteiger partial charge in [0.25, 0.3) is 10.0 Å². The van der Waals surface area contributed by atoms with Gasteiger partial charge < -0.3 is 10.2 Å². The van der Waals surface area contributed by atoms with Gasteiger partial charge in [0.15, 0.2) is 0 Å². The molecule has 1 N–H and O–H groups in total. The van der Waals surface area contributed by atoms with E-state index in [1.165, 1.54) is 17.0 Å². The molecule has 2 amide bonds. The molecule has 1 atom stereocenters. The molecule has 1 unspecified atom stereocenters.